The number of amides is 1. The van der Waals surface area contributed by atoms with Gasteiger partial charge in [0.1, 0.15) is 0 Å². The van der Waals surface area contributed by atoms with Crippen LogP contribution in [0.15, 0.2) is 34.9 Å². The number of nitrogens with two attached hydrogens (primary N) is 1. The molecule has 2 heterocycles. The van der Waals surface area contributed by atoms with Crippen LogP contribution in [0.5, 0.6) is 0 Å². The Hall–Kier alpha value is -2.50. The van der Waals surface area contributed by atoms with Crippen LogP contribution < -0.4 is 10.6 Å². The van der Waals surface area contributed by atoms with Crippen molar-refractivity contribution in [2.45, 2.75) is 18.8 Å². The summed E-state index contributed by atoms with van der Waals surface area (Å²) < 4.78 is 4.94. The zero-order valence-corrected chi connectivity index (χ0v) is 13.5. The first-order chi connectivity index (χ1) is 11.0. The van der Waals surface area contributed by atoms with Crippen molar-refractivity contribution in [1.29, 1.82) is 0 Å². The molecule has 122 valence electrons. The van der Waals surface area contributed by atoms with Crippen molar-refractivity contribution < 1.29 is 9.32 Å². The summed E-state index contributed by atoms with van der Waals surface area (Å²) >= 11 is 0. The summed E-state index contributed by atoms with van der Waals surface area (Å²) in [6.07, 6.45) is 1.76. The van der Waals surface area contributed by atoms with E-state index in [2.05, 4.69) is 5.16 Å². The third kappa shape index (κ3) is 3.31. The Morgan fingerprint density at radius 3 is 2.65 bits per heavy atom. The Bertz CT molecular complexity index is 687. The van der Waals surface area contributed by atoms with Crippen LogP contribution in [0.4, 0.5) is 11.6 Å². The first kappa shape index (κ1) is 15.4. The lowest BCUT2D eigenvalue weighted by molar-refractivity contribution is 0.0711. The molecule has 1 fully saturated rings. The van der Waals surface area contributed by atoms with Gasteiger partial charge in [0.25, 0.3) is 5.91 Å². The van der Waals surface area contributed by atoms with E-state index in [0.29, 0.717) is 11.8 Å². The predicted molar refractivity (Wildman–Crippen MR) is 89.6 cm³/mol. The van der Waals surface area contributed by atoms with Crippen molar-refractivity contribution in [2.24, 2.45) is 0 Å². The number of nitrogens with zero attached hydrogens (tertiary/aromatic N) is 3. The molecule has 1 saturated heterocycles. The lowest BCUT2D eigenvalue weighted by atomic mass is 9.93. The molecule has 3 rings (SSSR count). The smallest absolute Gasteiger partial charge is 0.253 e. The Morgan fingerprint density at radius 1 is 1.30 bits per heavy atom. The summed E-state index contributed by atoms with van der Waals surface area (Å²) in [6, 6.07) is 9.51. The normalized spacial score (nSPS) is 15.7. The number of rotatable bonds is 3. The van der Waals surface area contributed by atoms with E-state index in [1.807, 2.05) is 48.2 Å². The summed E-state index contributed by atoms with van der Waals surface area (Å²) in [4.78, 5) is 16.6. The largest absolute Gasteiger partial charge is 0.378 e. The molecule has 6 nitrogen and oxygen atoms in total. The summed E-state index contributed by atoms with van der Waals surface area (Å²) in [6.45, 7) is 1.45. The molecule has 1 aliphatic heterocycles. The molecule has 0 saturated carbocycles. The van der Waals surface area contributed by atoms with E-state index >= 15 is 0 Å². The topological polar surface area (TPSA) is 75.6 Å². The van der Waals surface area contributed by atoms with Gasteiger partial charge in [-0.15, -0.1) is 0 Å². The van der Waals surface area contributed by atoms with Gasteiger partial charge in [-0.05, 0) is 31.0 Å². The molecule has 2 aromatic rings. The fourth-order valence-electron chi connectivity index (χ4n) is 2.97. The molecule has 23 heavy (non-hydrogen) atoms. The average Bonchev–Trinajstić information content (AvgIpc) is 3.01. The minimum atomic E-state index is 0.0896. The van der Waals surface area contributed by atoms with Gasteiger partial charge in [0.05, 0.1) is 5.69 Å². The highest BCUT2D eigenvalue weighted by atomic mass is 16.5. The van der Waals surface area contributed by atoms with Gasteiger partial charge in [0.15, 0.2) is 0 Å². The number of carbonyl (C=O) groups excluding carboxylic acids is 1. The maximum atomic E-state index is 12.7. The van der Waals surface area contributed by atoms with Crippen molar-refractivity contribution in [3.63, 3.8) is 0 Å². The van der Waals surface area contributed by atoms with Crippen LogP contribution in [0.3, 0.4) is 0 Å². The van der Waals surface area contributed by atoms with Gasteiger partial charge in [-0.3, -0.25) is 4.79 Å². The van der Waals surface area contributed by atoms with E-state index < -0.39 is 0 Å². The van der Waals surface area contributed by atoms with E-state index in [9.17, 15) is 4.79 Å². The van der Waals surface area contributed by atoms with Crippen molar-refractivity contribution in [3.8, 4) is 0 Å². The maximum absolute atomic E-state index is 12.7. The van der Waals surface area contributed by atoms with Crippen LogP contribution in [0.1, 0.15) is 34.8 Å². The minimum Gasteiger partial charge on any atom is -0.378 e. The van der Waals surface area contributed by atoms with Crippen LogP contribution >= 0.6 is 0 Å². The van der Waals surface area contributed by atoms with E-state index in [1.165, 1.54) is 0 Å². The van der Waals surface area contributed by atoms with Gasteiger partial charge >= 0.3 is 0 Å². The van der Waals surface area contributed by atoms with Crippen molar-refractivity contribution in [1.82, 2.24) is 10.1 Å². The van der Waals surface area contributed by atoms with E-state index in [-0.39, 0.29) is 5.91 Å². The molecular weight excluding hydrogens is 292 g/mol. The number of hydrogen-bond acceptors (Lipinski definition) is 5. The van der Waals surface area contributed by atoms with Gasteiger partial charge in [-0.1, -0.05) is 11.2 Å². The third-order valence-electron chi connectivity index (χ3n) is 4.36. The summed E-state index contributed by atoms with van der Waals surface area (Å²) in [5.41, 5.74) is 8.24. The molecule has 0 aliphatic carbocycles. The van der Waals surface area contributed by atoms with E-state index in [0.717, 1.165) is 42.9 Å². The van der Waals surface area contributed by atoms with E-state index in [4.69, 9.17) is 10.3 Å². The summed E-state index contributed by atoms with van der Waals surface area (Å²) in [5, 5.41) is 3.99. The van der Waals surface area contributed by atoms with Gasteiger partial charge in [-0.25, -0.2) is 0 Å². The lowest BCUT2D eigenvalue weighted by Gasteiger charge is -2.31. The van der Waals surface area contributed by atoms with Crippen LogP contribution in [0.2, 0.25) is 0 Å². The van der Waals surface area contributed by atoms with Crippen LogP contribution in [0, 0.1) is 0 Å². The highest BCUT2D eigenvalue weighted by Gasteiger charge is 2.26. The molecule has 0 spiro atoms. The highest BCUT2D eigenvalue weighted by Crippen LogP contribution is 2.29. The number of aromatic nitrogens is 1. The number of hydrogen-bond donors (Lipinski definition) is 1. The first-order valence-corrected chi connectivity index (χ1v) is 7.83. The first-order valence-electron chi connectivity index (χ1n) is 7.83. The molecule has 1 aromatic carbocycles. The molecule has 6 heteroatoms. The summed E-state index contributed by atoms with van der Waals surface area (Å²) in [5.74, 6) is 0.749. The molecule has 1 amide bonds. The lowest BCUT2D eigenvalue weighted by Crippen LogP contribution is -2.38. The fraction of sp³-hybridized carbons (Fsp3) is 0.412. The maximum Gasteiger partial charge on any atom is 0.253 e. The fourth-order valence-corrected chi connectivity index (χ4v) is 2.97. The minimum absolute atomic E-state index is 0.0896. The third-order valence-corrected chi connectivity index (χ3v) is 4.36. The molecule has 1 aromatic heterocycles. The van der Waals surface area contributed by atoms with Crippen molar-refractivity contribution >= 4 is 17.5 Å². The van der Waals surface area contributed by atoms with Gasteiger partial charge < -0.3 is 20.1 Å². The van der Waals surface area contributed by atoms with Crippen molar-refractivity contribution in [3.05, 3.63) is 41.6 Å². The number of benzene rings is 1. The Kier molecular flexibility index (Phi) is 4.23. The Balaban J connectivity index is 1.65. The molecule has 0 unspecified atom stereocenters. The number of anilines is 2. The number of nitrogen functional groups attached to an aromatic ring is 1. The van der Waals surface area contributed by atoms with Crippen molar-refractivity contribution in [2.75, 3.05) is 37.8 Å². The SMILES string of the molecule is CN(C)c1cccc(C(=O)N2CCC(c3cc(N)on3)CC2)c1. The molecule has 2 N–H and O–H groups in total. The number of likely N-dealkylation sites (tertiary alicyclic amines) is 1. The average molecular weight is 314 g/mol. The van der Waals surface area contributed by atoms with Crippen LogP contribution in [-0.4, -0.2) is 43.1 Å². The number of carbonyl (C=O) groups is 1. The van der Waals surface area contributed by atoms with E-state index in [1.54, 1.807) is 6.07 Å². The quantitative estimate of drug-likeness (QED) is 0.941. The standard InChI is InChI=1S/C17H22N4O2/c1-20(2)14-5-3-4-13(10-14)17(22)21-8-6-12(7-9-21)15-11-16(18)23-19-15/h3-5,10-12H,6-9,18H2,1-2H3. The number of piperidine rings is 1. The second-order valence-electron chi connectivity index (χ2n) is 6.17. The molecule has 0 atom stereocenters. The molecule has 0 radical (unpaired) electrons. The van der Waals surface area contributed by atoms with Crippen LogP contribution in [-0.2, 0) is 0 Å². The zero-order valence-electron chi connectivity index (χ0n) is 13.5. The highest BCUT2D eigenvalue weighted by molar-refractivity contribution is 5.95. The van der Waals surface area contributed by atoms with Crippen LogP contribution in [0.25, 0.3) is 0 Å². The second-order valence-corrected chi connectivity index (χ2v) is 6.17. The predicted octanol–water partition coefficient (Wildman–Crippen LogP) is 2.34. The van der Waals surface area contributed by atoms with Gasteiger partial charge in [0.2, 0.25) is 5.88 Å². The molecular formula is C17H22N4O2. The summed E-state index contributed by atoms with van der Waals surface area (Å²) in [7, 11) is 3.94. The van der Waals surface area contributed by atoms with Gasteiger partial charge in [-0.2, -0.15) is 0 Å². The second kappa shape index (κ2) is 6.32. The zero-order chi connectivity index (χ0) is 16.4. The Labute approximate surface area is 135 Å². The van der Waals surface area contributed by atoms with Gasteiger partial charge in [0, 0.05) is 50.4 Å². The monoisotopic (exact) mass is 314 g/mol. The molecule has 1 aliphatic rings. The Morgan fingerprint density at radius 2 is 2.04 bits per heavy atom. The molecule has 0 bridgehead atoms.